The van der Waals surface area contributed by atoms with E-state index in [0.717, 1.165) is 61.1 Å². The van der Waals surface area contributed by atoms with E-state index in [9.17, 15) is 10.4 Å². The maximum atomic E-state index is 10.9. The van der Waals surface area contributed by atoms with E-state index < -0.39 is 5.60 Å². The number of benzene rings is 2. The highest BCUT2D eigenvalue weighted by Gasteiger charge is 2.37. The second-order valence-corrected chi connectivity index (χ2v) is 10.6. The summed E-state index contributed by atoms with van der Waals surface area (Å²) in [7, 11) is 1.79. The van der Waals surface area contributed by atoms with Crippen LogP contribution in [0.5, 0.6) is 0 Å². The van der Waals surface area contributed by atoms with Gasteiger partial charge in [0.05, 0.1) is 34.8 Å². The van der Waals surface area contributed by atoms with E-state index in [1.165, 1.54) is 11.1 Å². The van der Waals surface area contributed by atoms with Crippen molar-refractivity contribution in [3.05, 3.63) is 64.5 Å². The molecule has 1 aliphatic carbocycles. The number of nitrogens with zero attached hydrogens (tertiary/aromatic N) is 4. The van der Waals surface area contributed by atoms with Crippen molar-refractivity contribution >= 4 is 11.0 Å². The van der Waals surface area contributed by atoms with Gasteiger partial charge >= 0.3 is 0 Å². The number of likely N-dealkylation sites (tertiary alicyclic amines) is 1. The standard InChI is InChI=1S/C28H34N4O2/c1-18-5-8-24-23(11-18)30-27(28(2,3)33)32(24)25-9-10-31(17-26(25)34-4)16-20-13-21-7-6-19(15-29)12-22(21)14-20/h5-8,11-12,20,25-26,33H,9-10,13-14,16-17H2,1-4H3/t20-,25+,26-/m0/s1. The Hall–Kier alpha value is -2.72. The van der Waals surface area contributed by atoms with Crippen molar-refractivity contribution in [2.45, 2.75) is 57.8 Å². The van der Waals surface area contributed by atoms with Gasteiger partial charge in [-0.05, 0) is 86.9 Å². The van der Waals surface area contributed by atoms with Gasteiger partial charge in [0.15, 0.2) is 0 Å². The van der Waals surface area contributed by atoms with Crippen LogP contribution < -0.4 is 0 Å². The molecular formula is C28H34N4O2. The van der Waals surface area contributed by atoms with Crippen LogP contribution in [-0.4, -0.2) is 52.4 Å². The Kier molecular flexibility index (Phi) is 5.97. The van der Waals surface area contributed by atoms with Crippen LogP contribution in [0.2, 0.25) is 0 Å². The van der Waals surface area contributed by atoms with Crippen molar-refractivity contribution in [3.8, 4) is 6.07 Å². The number of imidazole rings is 1. The number of nitriles is 1. The zero-order chi connectivity index (χ0) is 24.0. The zero-order valence-corrected chi connectivity index (χ0v) is 20.6. The van der Waals surface area contributed by atoms with Crippen molar-refractivity contribution in [2.75, 3.05) is 26.7 Å². The molecule has 6 heteroatoms. The molecule has 6 nitrogen and oxygen atoms in total. The molecular weight excluding hydrogens is 424 g/mol. The molecule has 0 saturated carbocycles. The molecule has 0 radical (unpaired) electrons. The van der Waals surface area contributed by atoms with Gasteiger partial charge in [-0.3, -0.25) is 0 Å². The zero-order valence-electron chi connectivity index (χ0n) is 20.6. The average Bonchev–Trinajstić information content (AvgIpc) is 3.38. The largest absolute Gasteiger partial charge is 0.383 e. The van der Waals surface area contributed by atoms with Crippen molar-refractivity contribution < 1.29 is 9.84 Å². The van der Waals surface area contributed by atoms with Gasteiger partial charge in [0.25, 0.3) is 0 Å². The van der Waals surface area contributed by atoms with Crippen LogP contribution in [0, 0.1) is 24.2 Å². The Morgan fingerprint density at radius 1 is 1.18 bits per heavy atom. The minimum Gasteiger partial charge on any atom is -0.383 e. The van der Waals surface area contributed by atoms with Gasteiger partial charge in [-0.15, -0.1) is 0 Å². The summed E-state index contributed by atoms with van der Waals surface area (Å²) < 4.78 is 8.28. The summed E-state index contributed by atoms with van der Waals surface area (Å²) in [6.07, 6.45) is 3.07. The topological polar surface area (TPSA) is 74.3 Å². The van der Waals surface area contributed by atoms with Gasteiger partial charge in [0.1, 0.15) is 11.4 Å². The smallest absolute Gasteiger partial charge is 0.141 e. The Labute approximate surface area is 201 Å². The van der Waals surface area contributed by atoms with Gasteiger partial charge in [-0.2, -0.15) is 5.26 Å². The van der Waals surface area contributed by atoms with Crippen molar-refractivity contribution in [1.82, 2.24) is 14.5 Å². The summed E-state index contributed by atoms with van der Waals surface area (Å²) in [4.78, 5) is 7.38. The number of methoxy groups -OCH3 is 1. The molecule has 34 heavy (non-hydrogen) atoms. The molecule has 3 atom stereocenters. The third-order valence-corrected chi connectivity index (χ3v) is 7.50. The fourth-order valence-corrected chi connectivity index (χ4v) is 5.91. The highest BCUT2D eigenvalue weighted by molar-refractivity contribution is 5.77. The van der Waals surface area contributed by atoms with Gasteiger partial charge < -0.3 is 19.3 Å². The predicted octanol–water partition coefficient (Wildman–Crippen LogP) is 4.12. The highest BCUT2D eigenvalue weighted by Crippen LogP contribution is 2.36. The SMILES string of the molecule is CO[C@H]1CN(C[C@H]2Cc3ccc(C#N)cc3C2)CC[C@H]1n1c(C(C)(C)O)nc2cc(C)ccc21. The lowest BCUT2D eigenvalue weighted by atomic mass is 9.97. The molecule has 1 saturated heterocycles. The molecule has 0 bridgehead atoms. The Morgan fingerprint density at radius 2 is 1.97 bits per heavy atom. The monoisotopic (exact) mass is 458 g/mol. The number of fused-ring (bicyclic) bond motifs is 2. The van der Waals surface area contributed by atoms with E-state index in [-0.39, 0.29) is 12.1 Å². The second kappa shape index (κ2) is 8.81. The van der Waals surface area contributed by atoms with Crippen LogP contribution in [0.25, 0.3) is 11.0 Å². The number of aromatic nitrogens is 2. The highest BCUT2D eigenvalue weighted by atomic mass is 16.5. The van der Waals surface area contributed by atoms with Crippen LogP contribution >= 0.6 is 0 Å². The molecule has 1 aliphatic heterocycles. The van der Waals surface area contributed by atoms with Crippen LogP contribution in [0.3, 0.4) is 0 Å². The number of ether oxygens (including phenoxy) is 1. The molecule has 2 aliphatic rings. The minimum atomic E-state index is -1.04. The normalized spacial score (nSPS) is 23.2. The van der Waals surface area contributed by atoms with Crippen LogP contribution in [-0.2, 0) is 23.2 Å². The molecule has 1 N–H and O–H groups in total. The first-order valence-corrected chi connectivity index (χ1v) is 12.3. The molecule has 2 aromatic carbocycles. The summed E-state index contributed by atoms with van der Waals surface area (Å²) in [5.41, 5.74) is 5.58. The fraction of sp³-hybridized carbons (Fsp3) is 0.500. The molecule has 0 unspecified atom stereocenters. The van der Waals surface area contributed by atoms with Gasteiger partial charge in [-0.25, -0.2) is 4.98 Å². The Balaban J connectivity index is 1.35. The maximum Gasteiger partial charge on any atom is 0.141 e. The minimum absolute atomic E-state index is 0.0162. The molecule has 1 aromatic heterocycles. The first-order chi connectivity index (χ1) is 16.3. The third-order valence-electron chi connectivity index (χ3n) is 7.50. The maximum absolute atomic E-state index is 10.9. The molecule has 0 amide bonds. The van der Waals surface area contributed by atoms with Crippen LogP contribution in [0.1, 0.15) is 54.4 Å². The van der Waals surface area contributed by atoms with E-state index in [1.807, 2.05) is 19.9 Å². The van der Waals surface area contributed by atoms with Crippen molar-refractivity contribution in [1.29, 1.82) is 5.26 Å². The lowest BCUT2D eigenvalue weighted by molar-refractivity contribution is -0.0151. The van der Waals surface area contributed by atoms with Crippen LogP contribution in [0.4, 0.5) is 0 Å². The van der Waals surface area contributed by atoms with Crippen molar-refractivity contribution in [3.63, 3.8) is 0 Å². The number of hydrogen-bond donors (Lipinski definition) is 1. The quantitative estimate of drug-likeness (QED) is 0.623. The molecule has 1 fully saturated rings. The molecule has 5 rings (SSSR count). The number of aryl methyl sites for hydroxylation is 1. The first-order valence-electron chi connectivity index (χ1n) is 12.3. The third kappa shape index (κ3) is 4.24. The fourth-order valence-electron chi connectivity index (χ4n) is 5.91. The summed E-state index contributed by atoms with van der Waals surface area (Å²) in [6.45, 7) is 8.56. The number of piperidine rings is 1. The summed E-state index contributed by atoms with van der Waals surface area (Å²) in [6, 6.07) is 14.8. The van der Waals surface area contributed by atoms with E-state index >= 15 is 0 Å². The Morgan fingerprint density at radius 3 is 2.71 bits per heavy atom. The molecule has 2 heterocycles. The number of aliphatic hydroxyl groups is 1. The number of hydrogen-bond acceptors (Lipinski definition) is 5. The lowest BCUT2D eigenvalue weighted by Gasteiger charge is -2.40. The van der Waals surface area contributed by atoms with Gasteiger partial charge in [0.2, 0.25) is 0 Å². The Bertz CT molecular complexity index is 1250. The average molecular weight is 459 g/mol. The van der Waals surface area contributed by atoms with E-state index in [1.54, 1.807) is 7.11 Å². The van der Waals surface area contributed by atoms with Crippen molar-refractivity contribution in [2.24, 2.45) is 5.92 Å². The molecule has 3 aromatic rings. The predicted molar refractivity (Wildman–Crippen MR) is 133 cm³/mol. The van der Waals surface area contributed by atoms with Crippen LogP contribution in [0.15, 0.2) is 36.4 Å². The molecule has 0 spiro atoms. The first kappa shape index (κ1) is 23.0. The van der Waals surface area contributed by atoms with Gasteiger partial charge in [-0.1, -0.05) is 12.1 Å². The number of rotatable bonds is 5. The van der Waals surface area contributed by atoms with E-state index in [0.29, 0.717) is 11.7 Å². The van der Waals surface area contributed by atoms with E-state index in [4.69, 9.17) is 9.72 Å². The summed E-state index contributed by atoms with van der Waals surface area (Å²) in [5, 5.41) is 20.2. The van der Waals surface area contributed by atoms with E-state index in [2.05, 4.69) is 52.8 Å². The summed E-state index contributed by atoms with van der Waals surface area (Å²) in [5.74, 6) is 1.27. The second-order valence-electron chi connectivity index (χ2n) is 10.6. The lowest BCUT2D eigenvalue weighted by Crippen LogP contribution is -2.47. The molecule has 178 valence electrons. The van der Waals surface area contributed by atoms with Gasteiger partial charge in [0, 0.05) is 26.7 Å². The summed E-state index contributed by atoms with van der Waals surface area (Å²) >= 11 is 0.